The summed E-state index contributed by atoms with van der Waals surface area (Å²) in [5.74, 6) is 2.81. The normalized spacial score (nSPS) is 25.4. The highest BCUT2D eigenvalue weighted by molar-refractivity contribution is 7.99. The van der Waals surface area contributed by atoms with Gasteiger partial charge in [-0.2, -0.15) is 11.8 Å². The van der Waals surface area contributed by atoms with Gasteiger partial charge < -0.3 is 10.0 Å². The molecule has 0 aromatic carbocycles. The molecule has 2 atom stereocenters. The smallest absolute Gasteiger partial charge is 0.0464 e. The standard InChI is InChI=1S/C12H25NOS/c1-11(9-14)10-15-8-6-12-5-3-4-7-13(12)2/h11-12,14H,3-10H2,1-2H3/t11-,12-/m0/s1. The van der Waals surface area contributed by atoms with Crippen molar-refractivity contribution >= 4 is 11.8 Å². The summed E-state index contributed by atoms with van der Waals surface area (Å²) in [6.45, 7) is 3.72. The molecule has 0 amide bonds. The van der Waals surface area contributed by atoms with Crippen LogP contribution in [0.4, 0.5) is 0 Å². The van der Waals surface area contributed by atoms with Crippen LogP contribution in [-0.4, -0.2) is 47.8 Å². The van der Waals surface area contributed by atoms with Gasteiger partial charge in [0.2, 0.25) is 0 Å². The Labute approximate surface area is 98.4 Å². The van der Waals surface area contributed by atoms with Crippen molar-refractivity contribution in [2.75, 3.05) is 31.7 Å². The van der Waals surface area contributed by atoms with Gasteiger partial charge >= 0.3 is 0 Å². The van der Waals surface area contributed by atoms with E-state index in [2.05, 4.69) is 18.9 Å². The lowest BCUT2D eigenvalue weighted by Crippen LogP contribution is -2.36. The van der Waals surface area contributed by atoms with Crippen LogP contribution in [0, 0.1) is 5.92 Å². The first kappa shape index (κ1) is 13.3. The Morgan fingerprint density at radius 3 is 2.93 bits per heavy atom. The molecule has 0 unspecified atom stereocenters. The van der Waals surface area contributed by atoms with Gasteiger partial charge in [-0.15, -0.1) is 0 Å². The zero-order valence-corrected chi connectivity index (χ0v) is 10.9. The molecule has 0 aromatic heterocycles. The monoisotopic (exact) mass is 231 g/mol. The fraction of sp³-hybridized carbons (Fsp3) is 1.00. The first-order valence-electron chi connectivity index (χ1n) is 6.13. The third-order valence-electron chi connectivity index (χ3n) is 3.23. The van der Waals surface area contributed by atoms with Gasteiger partial charge in [-0.3, -0.25) is 0 Å². The molecule has 0 aliphatic carbocycles. The number of likely N-dealkylation sites (tertiary alicyclic amines) is 1. The predicted molar refractivity (Wildman–Crippen MR) is 68.5 cm³/mol. The zero-order valence-electron chi connectivity index (χ0n) is 10.1. The van der Waals surface area contributed by atoms with Gasteiger partial charge in [-0.25, -0.2) is 0 Å². The number of aliphatic hydroxyl groups is 1. The molecule has 2 nitrogen and oxygen atoms in total. The van der Waals surface area contributed by atoms with Crippen molar-refractivity contribution in [1.82, 2.24) is 4.90 Å². The highest BCUT2D eigenvalue weighted by Gasteiger charge is 2.17. The fourth-order valence-corrected chi connectivity index (χ4v) is 3.18. The lowest BCUT2D eigenvalue weighted by molar-refractivity contribution is 0.182. The molecular weight excluding hydrogens is 206 g/mol. The maximum atomic E-state index is 8.90. The van der Waals surface area contributed by atoms with Gasteiger partial charge in [-0.05, 0) is 50.3 Å². The summed E-state index contributed by atoms with van der Waals surface area (Å²) < 4.78 is 0. The number of hydrogen-bond acceptors (Lipinski definition) is 3. The van der Waals surface area contributed by atoms with Crippen LogP contribution in [0.2, 0.25) is 0 Å². The van der Waals surface area contributed by atoms with E-state index in [4.69, 9.17) is 5.11 Å². The van der Waals surface area contributed by atoms with Crippen LogP contribution in [0.1, 0.15) is 32.6 Å². The molecule has 1 rings (SSSR count). The van der Waals surface area contributed by atoms with Crippen LogP contribution >= 0.6 is 11.8 Å². The van der Waals surface area contributed by atoms with Gasteiger partial charge in [0, 0.05) is 12.6 Å². The molecular formula is C12H25NOS. The largest absolute Gasteiger partial charge is 0.396 e. The topological polar surface area (TPSA) is 23.5 Å². The van der Waals surface area contributed by atoms with Crippen LogP contribution in [0.15, 0.2) is 0 Å². The molecule has 0 bridgehead atoms. The van der Waals surface area contributed by atoms with Crippen LogP contribution in [0.3, 0.4) is 0 Å². The summed E-state index contributed by atoms with van der Waals surface area (Å²) in [6, 6.07) is 0.815. The summed E-state index contributed by atoms with van der Waals surface area (Å²) in [6.07, 6.45) is 5.49. The molecule has 0 aromatic rings. The number of aliphatic hydroxyl groups excluding tert-OH is 1. The van der Waals surface area contributed by atoms with E-state index in [1.165, 1.54) is 38.0 Å². The van der Waals surface area contributed by atoms with E-state index < -0.39 is 0 Å². The lowest BCUT2D eigenvalue weighted by Gasteiger charge is -2.32. The Bertz CT molecular complexity index is 166. The molecule has 1 saturated heterocycles. The molecule has 15 heavy (non-hydrogen) atoms. The average Bonchev–Trinajstić information content (AvgIpc) is 2.26. The molecule has 1 N–H and O–H groups in total. The molecule has 1 fully saturated rings. The first-order valence-corrected chi connectivity index (χ1v) is 7.28. The van der Waals surface area contributed by atoms with Gasteiger partial charge in [0.1, 0.15) is 0 Å². The van der Waals surface area contributed by atoms with Crippen LogP contribution in [0.5, 0.6) is 0 Å². The zero-order chi connectivity index (χ0) is 11.1. The number of hydrogen-bond donors (Lipinski definition) is 1. The Balaban J connectivity index is 2.03. The SMILES string of the molecule is C[C@@H](CO)CSCC[C@@H]1CCCCN1C. The van der Waals surface area contributed by atoms with Gasteiger partial charge in [0.15, 0.2) is 0 Å². The summed E-state index contributed by atoms with van der Waals surface area (Å²) in [5, 5.41) is 8.90. The van der Waals surface area contributed by atoms with Crippen molar-refractivity contribution in [1.29, 1.82) is 0 Å². The molecule has 0 spiro atoms. The minimum absolute atomic E-state index is 0.330. The molecule has 90 valence electrons. The van der Waals surface area contributed by atoms with Crippen LogP contribution in [0.25, 0.3) is 0 Å². The first-order chi connectivity index (χ1) is 7.24. The van der Waals surface area contributed by atoms with E-state index in [-0.39, 0.29) is 0 Å². The van der Waals surface area contributed by atoms with Crippen LogP contribution < -0.4 is 0 Å². The Morgan fingerprint density at radius 1 is 1.47 bits per heavy atom. The third-order valence-corrected chi connectivity index (χ3v) is 4.56. The maximum absolute atomic E-state index is 8.90. The van der Waals surface area contributed by atoms with E-state index >= 15 is 0 Å². The molecule has 1 heterocycles. The Hall–Kier alpha value is 0.270. The number of nitrogens with zero attached hydrogens (tertiary/aromatic N) is 1. The molecule has 0 radical (unpaired) electrons. The van der Waals surface area contributed by atoms with E-state index in [9.17, 15) is 0 Å². The molecule has 3 heteroatoms. The van der Waals surface area contributed by atoms with E-state index in [0.29, 0.717) is 12.5 Å². The molecule has 0 saturated carbocycles. The average molecular weight is 231 g/mol. The Kier molecular flexibility index (Phi) is 6.69. The van der Waals surface area contributed by atoms with Crippen LogP contribution in [-0.2, 0) is 0 Å². The second-order valence-corrected chi connectivity index (χ2v) is 5.93. The quantitative estimate of drug-likeness (QED) is 0.709. The second kappa shape index (κ2) is 7.53. The van der Waals surface area contributed by atoms with E-state index in [1.54, 1.807) is 0 Å². The van der Waals surface area contributed by atoms with Crippen molar-refractivity contribution in [3.63, 3.8) is 0 Å². The number of rotatable bonds is 6. The molecule has 1 aliphatic rings. The Morgan fingerprint density at radius 2 is 2.27 bits per heavy atom. The highest BCUT2D eigenvalue weighted by atomic mass is 32.2. The summed E-state index contributed by atoms with van der Waals surface area (Å²) in [4.78, 5) is 2.51. The van der Waals surface area contributed by atoms with Gasteiger partial charge in [-0.1, -0.05) is 13.3 Å². The predicted octanol–water partition coefficient (Wildman–Crippen LogP) is 2.22. The van der Waals surface area contributed by atoms with Crippen molar-refractivity contribution < 1.29 is 5.11 Å². The minimum atomic E-state index is 0.330. The van der Waals surface area contributed by atoms with E-state index in [1.807, 2.05) is 11.8 Å². The van der Waals surface area contributed by atoms with E-state index in [0.717, 1.165) is 11.8 Å². The summed E-state index contributed by atoms with van der Waals surface area (Å²) in [7, 11) is 2.25. The number of piperidine rings is 1. The molecule has 1 aliphatic heterocycles. The van der Waals surface area contributed by atoms with Crippen molar-refractivity contribution in [2.24, 2.45) is 5.92 Å². The highest BCUT2D eigenvalue weighted by Crippen LogP contribution is 2.20. The summed E-state index contributed by atoms with van der Waals surface area (Å²) in [5.41, 5.74) is 0. The van der Waals surface area contributed by atoms with Crippen molar-refractivity contribution in [3.05, 3.63) is 0 Å². The fourth-order valence-electron chi connectivity index (χ4n) is 2.07. The maximum Gasteiger partial charge on any atom is 0.0464 e. The minimum Gasteiger partial charge on any atom is -0.396 e. The third kappa shape index (κ3) is 5.23. The summed E-state index contributed by atoms with van der Waals surface area (Å²) >= 11 is 1.99. The lowest BCUT2D eigenvalue weighted by atomic mass is 10.0. The van der Waals surface area contributed by atoms with Gasteiger partial charge in [0.25, 0.3) is 0 Å². The number of thioether (sulfide) groups is 1. The second-order valence-electron chi connectivity index (χ2n) is 4.78. The van der Waals surface area contributed by atoms with Crippen molar-refractivity contribution in [3.8, 4) is 0 Å². The van der Waals surface area contributed by atoms with Crippen molar-refractivity contribution in [2.45, 2.75) is 38.6 Å². The van der Waals surface area contributed by atoms with Gasteiger partial charge in [0.05, 0.1) is 0 Å².